The molecule has 0 spiro atoms. The number of nitrogens with zero attached hydrogens (tertiary/aromatic N) is 2. The zero-order valence-electron chi connectivity index (χ0n) is 9.15. The van der Waals surface area contributed by atoms with E-state index >= 15 is 0 Å². The predicted octanol–water partition coefficient (Wildman–Crippen LogP) is 1.94. The van der Waals surface area contributed by atoms with Crippen LogP contribution in [0.5, 0.6) is 0 Å². The highest BCUT2D eigenvalue weighted by Crippen LogP contribution is 2.17. The third-order valence-corrected chi connectivity index (χ3v) is 3.85. The summed E-state index contributed by atoms with van der Waals surface area (Å²) in [6, 6.07) is 6.58. The summed E-state index contributed by atoms with van der Waals surface area (Å²) in [6.45, 7) is 0.756. The molecule has 1 aliphatic rings. The van der Waals surface area contributed by atoms with Crippen LogP contribution >= 0.6 is 11.8 Å². The van der Waals surface area contributed by atoms with Gasteiger partial charge in [0, 0.05) is 24.3 Å². The highest BCUT2D eigenvalue weighted by molar-refractivity contribution is 7.99. The van der Waals surface area contributed by atoms with Gasteiger partial charge in [-0.2, -0.15) is 17.0 Å². The lowest BCUT2D eigenvalue weighted by atomic mass is 10.1. The predicted molar refractivity (Wildman–Crippen MR) is 66.1 cm³/mol. The molecule has 4 heteroatoms. The summed E-state index contributed by atoms with van der Waals surface area (Å²) in [6.07, 6.45) is 4.12. The van der Waals surface area contributed by atoms with Crippen LogP contribution in [0, 0.1) is 11.3 Å². The first-order valence-electron chi connectivity index (χ1n) is 5.55. The van der Waals surface area contributed by atoms with Gasteiger partial charge in [0.15, 0.2) is 0 Å². The molecule has 3 nitrogen and oxygen atoms in total. The number of nitriles is 1. The molecular weight excluding hydrogens is 218 g/mol. The fourth-order valence-corrected chi connectivity index (χ4v) is 2.94. The number of hydrogen-bond acceptors (Lipinski definition) is 4. The Morgan fingerprint density at radius 3 is 3.06 bits per heavy atom. The molecule has 16 heavy (non-hydrogen) atoms. The van der Waals surface area contributed by atoms with Crippen LogP contribution in [0.4, 0.5) is 0 Å². The van der Waals surface area contributed by atoms with Crippen molar-refractivity contribution >= 4 is 11.8 Å². The van der Waals surface area contributed by atoms with Gasteiger partial charge in [-0.25, -0.2) is 4.98 Å². The summed E-state index contributed by atoms with van der Waals surface area (Å²) < 4.78 is 0. The van der Waals surface area contributed by atoms with Crippen LogP contribution < -0.4 is 5.32 Å². The first kappa shape index (κ1) is 11.4. The molecule has 0 aliphatic carbocycles. The topological polar surface area (TPSA) is 48.7 Å². The summed E-state index contributed by atoms with van der Waals surface area (Å²) in [5.74, 6) is 2.49. The van der Waals surface area contributed by atoms with Crippen LogP contribution in [-0.4, -0.2) is 22.5 Å². The second-order valence-electron chi connectivity index (χ2n) is 3.89. The molecule has 0 aromatic carbocycles. The van der Waals surface area contributed by atoms with E-state index < -0.39 is 0 Å². The second kappa shape index (κ2) is 5.88. The zero-order valence-corrected chi connectivity index (χ0v) is 9.96. The first-order chi connectivity index (χ1) is 7.90. The van der Waals surface area contributed by atoms with Crippen LogP contribution in [0.25, 0.3) is 0 Å². The Balaban J connectivity index is 1.91. The van der Waals surface area contributed by atoms with Crippen molar-refractivity contribution < 1.29 is 0 Å². The van der Waals surface area contributed by atoms with Crippen molar-refractivity contribution in [1.29, 1.82) is 5.26 Å². The van der Waals surface area contributed by atoms with Crippen molar-refractivity contribution in [3.05, 3.63) is 29.6 Å². The van der Waals surface area contributed by atoms with Gasteiger partial charge in [-0.15, -0.1) is 0 Å². The maximum atomic E-state index is 8.91. The number of rotatable bonds is 3. The Kier molecular flexibility index (Phi) is 4.20. The van der Waals surface area contributed by atoms with Crippen molar-refractivity contribution in [2.45, 2.75) is 25.4 Å². The molecule has 1 saturated heterocycles. The Hall–Kier alpha value is -1.05. The van der Waals surface area contributed by atoms with E-state index in [0.717, 1.165) is 12.1 Å². The van der Waals surface area contributed by atoms with Gasteiger partial charge in [0.2, 0.25) is 0 Å². The largest absolute Gasteiger partial charge is 0.310 e. The third-order valence-electron chi connectivity index (χ3n) is 2.80. The Labute approximate surface area is 100 Å². The lowest BCUT2D eigenvalue weighted by molar-refractivity contribution is 0.481. The molecule has 1 aromatic heterocycles. The average molecular weight is 233 g/mol. The van der Waals surface area contributed by atoms with Gasteiger partial charge in [-0.1, -0.05) is 6.07 Å². The Morgan fingerprint density at radius 2 is 2.31 bits per heavy atom. The standard InChI is InChI=1S/C12H15N3S/c13-8-12-10(2-1-5-14-12)9-15-11-3-6-16-7-4-11/h1-2,5,11,15H,3-4,6-7,9H2. The molecule has 0 unspecified atom stereocenters. The Morgan fingerprint density at radius 1 is 1.50 bits per heavy atom. The van der Waals surface area contributed by atoms with E-state index in [-0.39, 0.29) is 0 Å². The van der Waals surface area contributed by atoms with Crippen LogP contribution in [0.15, 0.2) is 18.3 Å². The van der Waals surface area contributed by atoms with Crippen LogP contribution in [-0.2, 0) is 6.54 Å². The zero-order chi connectivity index (χ0) is 11.2. The van der Waals surface area contributed by atoms with E-state index in [4.69, 9.17) is 5.26 Å². The maximum Gasteiger partial charge on any atom is 0.144 e. The molecule has 84 valence electrons. The van der Waals surface area contributed by atoms with Crippen molar-refractivity contribution in [2.75, 3.05) is 11.5 Å². The van der Waals surface area contributed by atoms with E-state index in [2.05, 4.69) is 16.4 Å². The number of thioether (sulfide) groups is 1. The molecule has 1 fully saturated rings. The normalized spacial score (nSPS) is 16.9. The second-order valence-corrected chi connectivity index (χ2v) is 5.12. The molecule has 0 bridgehead atoms. The van der Waals surface area contributed by atoms with Gasteiger partial charge >= 0.3 is 0 Å². The minimum Gasteiger partial charge on any atom is -0.310 e. The molecule has 1 aromatic rings. The van der Waals surface area contributed by atoms with Crippen molar-refractivity contribution in [1.82, 2.24) is 10.3 Å². The number of pyridine rings is 1. The summed E-state index contributed by atoms with van der Waals surface area (Å²) in [7, 11) is 0. The molecular formula is C12H15N3S. The van der Waals surface area contributed by atoms with E-state index in [9.17, 15) is 0 Å². The average Bonchev–Trinajstić information content (AvgIpc) is 2.38. The van der Waals surface area contributed by atoms with Crippen molar-refractivity contribution in [3.63, 3.8) is 0 Å². The summed E-state index contributed by atoms with van der Waals surface area (Å²) in [4.78, 5) is 4.06. The van der Waals surface area contributed by atoms with E-state index in [0.29, 0.717) is 11.7 Å². The van der Waals surface area contributed by atoms with Gasteiger partial charge in [0.1, 0.15) is 11.8 Å². The SMILES string of the molecule is N#Cc1ncccc1CNC1CCSCC1. The van der Waals surface area contributed by atoms with Gasteiger partial charge in [-0.05, 0) is 30.4 Å². The minimum atomic E-state index is 0.542. The summed E-state index contributed by atoms with van der Waals surface area (Å²) in [5, 5.41) is 12.4. The maximum absolute atomic E-state index is 8.91. The Bertz CT molecular complexity index is 380. The fraction of sp³-hybridized carbons (Fsp3) is 0.500. The lowest BCUT2D eigenvalue weighted by Gasteiger charge is -2.22. The van der Waals surface area contributed by atoms with Crippen molar-refractivity contribution in [3.8, 4) is 6.07 Å². The van der Waals surface area contributed by atoms with Crippen LogP contribution in [0.2, 0.25) is 0 Å². The van der Waals surface area contributed by atoms with Crippen LogP contribution in [0.3, 0.4) is 0 Å². The minimum absolute atomic E-state index is 0.542. The third kappa shape index (κ3) is 2.97. The van der Waals surface area contributed by atoms with Gasteiger partial charge in [0.25, 0.3) is 0 Å². The van der Waals surface area contributed by atoms with E-state index in [1.54, 1.807) is 6.20 Å². The van der Waals surface area contributed by atoms with E-state index in [1.807, 2.05) is 23.9 Å². The van der Waals surface area contributed by atoms with Gasteiger partial charge in [-0.3, -0.25) is 0 Å². The molecule has 2 heterocycles. The smallest absolute Gasteiger partial charge is 0.144 e. The summed E-state index contributed by atoms with van der Waals surface area (Å²) in [5.41, 5.74) is 1.54. The number of nitrogens with one attached hydrogen (secondary N) is 1. The molecule has 1 N–H and O–H groups in total. The summed E-state index contributed by atoms with van der Waals surface area (Å²) >= 11 is 2.02. The molecule has 0 saturated carbocycles. The van der Waals surface area contributed by atoms with Crippen LogP contribution in [0.1, 0.15) is 24.1 Å². The molecule has 2 rings (SSSR count). The lowest BCUT2D eigenvalue weighted by Crippen LogP contribution is -2.32. The van der Waals surface area contributed by atoms with Gasteiger partial charge < -0.3 is 5.32 Å². The number of hydrogen-bond donors (Lipinski definition) is 1. The molecule has 0 amide bonds. The number of aromatic nitrogens is 1. The molecule has 0 radical (unpaired) electrons. The van der Waals surface area contributed by atoms with Crippen molar-refractivity contribution in [2.24, 2.45) is 0 Å². The van der Waals surface area contributed by atoms with E-state index in [1.165, 1.54) is 24.3 Å². The molecule has 0 atom stereocenters. The fourth-order valence-electron chi connectivity index (χ4n) is 1.84. The molecule has 1 aliphatic heterocycles. The first-order valence-corrected chi connectivity index (χ1v) is 6.71. The highest BCUT2D eigenvalue weighted by Gasteiger charge is 2.13. The highest BCUT2D eigenvalue weighted by atomic mass is 32.2. The monoisotopic (exact) mass is 233 g/mol. The quantitative estimate of drug-likeness (QED) is 0.866. The van der Waals surface area contributed by atoms with Gasteiger partial charge in [0.05, 0.1) is 0 Å².